The number of methoxy groups -OCH3 is 2. The van der Waals surface area contributed by atoms with Crippen molar-refractivity contribution in [3.05, 3.63) is 0 Å². The highest BCUT2D eigenvalue weighted by molar-refractivity contribution is 4.66. The van der Waals surface area contributed by atoms with Crippen LogP contribution in [0.2, 0.25) is 0 Å². The standard InChI is InChI=1S/C9H20NO3/c1-12-5-3-10(4-6-13-2)7-9(11)8-10/h9,11H,3-8H2,1-2H3/q+1. The van der Waals surface area contributed by atoms with Gasteiger partial charge in [0.15, 0.2) is 6.10 Å². The smallest absolute Gasteiger partial charge is 0.152 e. The summed E-state index contributed by atoms with van der Waals surface area (Å²) in [7, 11) is 3.42. The molecule has 0 aromatic rings. The van der Waals surface area contributed by atoms with Crippen molar-refractivity contribution in [2.24, 2.45) is 0 Å². The molecule has 78 valence electrons. The van der Waals surface area contributed by atoms with E-state index < -0.39 is 0 Å². The minimum atomic E-state index is -0.117. The molecule has 1 rings (SSSR count). The van der Waals surface area contributed by atoms with Crippen molar-refractivity contribution in [2.45, 2.75) is 6.10 Å². The zero-order valence-corrected chi connectivity index (χ0v) is 8.53. The molecular weight excluding hydrogens is 170 g/mol. The average molecular weight is 190 g/mol. The van der Waals surface area contributed by atoms with Crippen molar-refractivity contribution < 1.29 is 19.1 Å². The minimum Gasteiger partial charge on any atom is -0.382 e. The number of hydrogen-bond donors (Lipinski definition) is 1. The molecule has 0 unspecified atom stereocenters. The van der Waals surface area contributed by atoms with Gasteiger partial charge in [-0.25, -0.2) is 0 Å². The second-order valence-electron chi connectivity index (χ2n) is 3.79. The molecule has 0 radical (unpaired) electrons. The monoisotopic (exact) mass is 190 g/mol. The van der Waals surface area contributed by atoms with Gasteiger partial charge in [-0.3, -0.25) is 0 Å². The first-order valence-electron chi connectivity index (χ1n) is 4.73. The Morgan fingerprint density at radius 2 is 1.62 bits per heavy atom. The molecule has 4 nitrogen and oxygen atoms in total. The molecule has 0 aromatic carbocycles. The van der Waals surface area contributed by atoms with Gasteiger partial charge in [0.2, 0.25) is 0 Å². The quantitative estimate of drug-likeness (QED) is 0.572. The lowest BCUT2D eigenvalue weighted by Crippen LogP contribution is -2.68. The number of hydrogen-bond acceptors (Lipinski definition) is 3. The normalized spacial score (nSPS) is 21.5. The maximum absolute atomic E-state index is 9.28. The van der Waals surface area contributed by atoms with Crippen LogP contribution in [0.25, 0.3) is 0 Å². The van der Waals surface area contributed by atoms with Crippen LogP contribution in [0.1, 0.15) is 0 Å². The molecule has 0 bridgehead atoms. The van der Waals surface area contributed by atoms with Crippen LogP contribution in [-0.2, 0) is 9.47 Å². The van der Waals surface area contributed by atoms with Crippen LogP contribution in [0.5, 0.6) is 0 Å². The van der Waals surface area contributed by atoms with E-state index in [1.165, 1.54) is 0 Å². The lowest BCUT2D eigenvalue weighted by molar-refractivity contribution is -0.972. The van der Waals surface area contributed by atoms with E-state index in [-0.39, 0.29) is 6.10 Å². The summed E-state index contributed by atoms with van der Waals surface area (Å²) >= 11 is 0. The second kappa shape index (κ2) is 4.91. The van der Waals surface area contributed by atoms with E-state index in [1.54, 1.807) is 14.2 Å². The van der Waals surface area contributed by atoms with Crippen molar-refractivity contribution >= 4 is 0 Å². The van der Waals surface area contributed by atoms with Gasteiger partial charge < -0.3 is 19.1 Å². The van der Waals surface area contributed by atoms with Crippen molar-refractivity contribution in [3.63, 3.8) is 0 Å². The number of aliphatic hydroxyl groups is 1. The van der Waals surface area contributed by atoms with Crippen molar-refractivity contribution in [1.29, 1.82) is 0 Å². The second-order valence-corrected chi connectivity index (χ2v) is 3.79. The highest BCUT2D eigenvalue weighted by atomic mass is 16.5. The van der Waals surface area contributed by atoms with Crippen LogP contribution in [0.15, 0.2) is 0 Å². The maximum atomic E-state index is 9.28. The van der Waals surface area contributed by atoms with Gasteiger partial charge in [-0.15, -0.1) is 0 Å². The minimum absolute atomic E-state index is 0.117. The molecule has 1 aliphatic heterocycles. The average Bonchev–Trinajstić information content (AvgIpc) is 2.08. The molecule has 1 fully saturated rings. The number of nitrogens with zero attached hydrogens (tertiary/aromatic N) is 1. The molecular formula is C9H20NO3+. The van der Waals surface area contributed by atoms with Crippen LogP contribution in [0, 0.1) is 0 Å². The zero-order chi connectivity index (χ0) is 9.73. The summed E-state index contributed by atoms with van der Waals surface area (Å²) in [4.78, 5) is 0. The van der Waals surface area contributed by atoms with Gasteiger partial charge in [0.1, 0.15) is 26.2 Å². The summed E-state index contributed by atoms with van der Waals surface area (Å²) in [6.45, 7) is 5.19. The Morgan fingerprint density at radius 3 is 1.92 bits per heavy atom. The van der Waals surface area contributed by atoms with Crippen LogP contribution >= 0.6 is 0 Å². The van der Waals surface area contributed by atoms with E-state index in [9.17, 15) is 5.11 Å². The highest BCUT2D eigenvalue weighted by Crippen LogP contribution is 2.19. The predicted molar refractivity (Wildman–Crippen MR) is 49.5 cm³/mol. The lowest BCUT2D eigenvalue weighted by Gasteiger charge is -2.48. The summed E-state index contributed by atoms with van der Waals surface area (Å²) in [5.41, 5.74) is 0. The molecule has 1 saturated heterocycles. The topological polar surface area (TPSA) is 38.7 Å². The van der Waals surface area contributed by atoms with Gasteiger partial charge in [0.25, 0.3) is 0 Å². The summed E-state index contributed by atoms with van der Waals surface area (Å²) in [6.07, 6.45) is -0.117. The third-order valence-corrected chi connectivity index (χ3v) is 2.74. The third kappa shape index (κ3) is 2.91. The Kier molecular flexibility index (Phi) is 4.12. The van der Waals surface area contributed by atoms with Gasteiger partial charge in [-0.05, 0) is 0 Å². The van der Waals surface area contributed by atoms with Crippen molar-refractivity contribution in [2.75, 3.05) is 53.6 Å². The van der Waals surface area contributed by atoms with Gasteiger partial charge in [0.05, 0.1) is 13.2 Å². The molecule has 1 N–H and O–H groups in total. The number of quaternary nitrogens is 1. The molecule has 0 spiro atoms. The molecule has 0 aliphatic carbocycles. The Bertz CT molecular complexity index is 136. The Morgan fingerprint density at radius 1 is 1.15 bits per heavy atom. The fourth-order valence-corrected chi connectivity index (χ4v) is 1.89. The molecule has 13 heavy (non-hydrogen) atoms. The molecule has 0 atom stereocenters. The number of rotatable bonds is 6. The maximum Gasteiger partial charge on any atom is 0.152 e. The van der Waals surface area contributed by atoms with Crippen LogP contribution in [0.3, 0.4) is 0 Å². The number of ether oxygens (including phenoxy) is 2. The fourth-order valence-electron chi connectivity index (χ4n) is 1.89. The first-order chi connectivity index (χ1) is 6.22. The molecule has 1 heterocycles. The largest absolute Gasteiger partial charge is 0.382 e. The Hall–Kier alpha value is -0.160. The third-order valence-electron chi connectivity index (χ3n) is 2.74. The number of aliphatic hydroxyl groups excluding tert-OH is 1. The van der Waals surface area contributed by atoms with E-state index in [4.69, 9.17) is 9.47 Å². The van der Waals surface area contributed by atoms with Gasteiger partial charge in [-0.2, -0.15) is 0 Å². The molecule has 0 aromatic heterocycles. The van der Waals surface area contributed by atoms with Gasteiger partial charge in [-0.1, -0.05) is 0 Å². The van der Waals surface area contributed by atoms with E-state index in [2.05, 4.69) is 0 Å². The van der Waals surface area contributed by atoms with Crippen LogP contribution in [-0.4, -0.2) is 69.3 Å². The van der Waals surface area contributed by atoms with E-state index in [0.29, 0.717) is 0 Å². The summed E-state index contributed by atoms with van der Waals surface area (Å²) in [5.74, 6) is 0. The van der Waals surface area contributed by atoms with Crippen molar-refractivity contribution in [3.8, 4) is 0 Å². The fraction of sp³-hybridized carbons (Fsp3) is 1.00. The molecule has 0 amide bonds. The van der Waals surface area contributed by atoms with Crippen LogP contribution < -0.4 is 0 Å². The lowest BCUT2D eigenvalue weighted by atomic mass is 10.1. The molecule has 4 heteroatoms. The SMILES string of the molecule is COCC[N+]1(CCOC)CC(O)C1. The summed E-state index contributed by atoms with van der Waals surface area (Å²) in [5, 5.41) is 9.28. The Balaban J connectivity index is 2.27. The van der Waals surface area contributed by atoms with E-state index >= 15 is 0 Å². The van der Waals surface area contributed by atoms with Gasteiger partial charge >= 0.3 is 0 Å². The Labute approximate surface area is 79.6 Å². The molecule has 0 saturated carbocycles. The van der Waals surface area contributed by atoms with Crippen molar-refractivity contribution in [1.82, 2.24) is 0 Å². The van der Waals surface area contributed by atoms with E-state index in [1.807, 2.05) is 0 Å². The first-order valence-corrected chi connectivity index (χ1v) is 4.73. The summed E-state index contributed by atoms with van der Waals surface area (Å²) < 4.78 is 11.0. The number of likely N-dealkylation sites (tertiary alicyclic amines) is 1. The predicted octanol–water partition coefficient (Wildman–Crippen LogP) is -0.529. The highest BCUT2D eigenvalue weighted by Gasteiger charge is 2.42. The molecule has 1 aliphatic rings. The van der Waals surface area contributed by atoms with Crippen LogP contribution in [0.4, 0.5) is 0 Å². The van der Waals surface area contributed by atoms with Gasteiger partial charge in [0, 0.05) is 14.2 Å². The summed E-state index contributed by atoms with van der Waals surface area (Å²) in [6, 6.07) is 0. The first kappa shape index (κ1) is 10.9. The zero-order valence-electron chi connectivity index (χ0n) is 8.53. The van der Waals surface area contributed by atoms with E-state index in [0.717, 1.165) is 43.9 Å².